The number of nitrogens with one attached hydrogen (secondary N) is 1. The summed E-state index contributed by atoms with van der Waals surface area (Å²) in [6.45, 7) is 1.32. The van der Waals surface area contributed by atoms with Crippen LogP contribution < -0.4 is 16.0 Å². The van der Waals surface area contributed by atoms with Crippen LogP contribution in [0.2, 0.25) is 0 Å². The molecule has 2 rings (SSSR count). The number of nitrogens with zero attached hydrogens (tertiary/aromatic N) is 1. The lowest BCUT2D eigenvalue weighted by atomic mass is 10.2. The first-order chi connectivity index (χ1) is 9.99. The highest BCUT2D eigenvalue weighted by Gasteiger charge is 2.21. The molecule has 0 fully saturated rings. The van der Waals surface area contributed by atoms with Crippen LogP contribution in [0.15, 0.2) is 53.0 Å². The van der Waals surface area contributed by atoms with Gasteiger partial charge in [-0.2, -0.15) is 0 Å². The van der Waals surface area contributed by atoms with Crippen LogP contribution in [0.3, 0.4) is 0 Å². The number of carbonyl (C=O) groups is 2. The Hall–Kier alpha value is -2.34. The summed E-state index contributed by atoms with van der Waals surface area (Å²) in [7, 11) is 0. The number of hydrogen-bond donors (Lipinski definition) is 2. The summed E-state index contributed by atoms with van der Waals surface area (Å²) < 4.78 is 0.731. The SMILES string of the molecule is CC(=O)N(C(=O)Nc1ccccc1Br)c1cccc(N)c1. The van der Waals surface area contributed by atoms with Crippen LogP contribution in [0, 0.1) is 0 Å². The minimum Gasteiger partial charge on any atom is -0.399 e. The maximum Gasteiger partial charge on any atom is 0.333 e. The summed E-state index contributed by atoms with van der Waals surface area (Å²) in [6, 6.07) is 13.2. The number of hydrogen-bond acceptors (Lipinski definition) is 3. The van der Waals surface area contributed by atoms with Gasteiger partial charge in [0.05, 0.1) is 11.4 Å². The van der Waals surface area contributed by atoms with Gasteiger partial charge in [-0.25, -0.2) is 9.69 Å². The highest BCUT2D eigenvalue weighted by molar-refractivity contribution is 9.10. The molecular formula is C15H14BrN3O2. The van der Waals surface area contributed by atoms with Gasteiger partial charge in [0, 0.05) is 17.1 Å². The van der Waals surface area contributed by atoms with Crippen molar-refractivity contribution in [1.82, 2.24) is 0 Å². The number of anilines is 3. The molecule has 0 heterocycles. The highest BCUT2D eigenvalue weighted by atomic mass is 79.9. The number of urea groups is 1. The Morgan fingerprint density at radius 3 is 2.48 bits per heavy atom. The monoisotopic (exact) mass is 347 g/mol. The topological polar surface area (TPSA) is 75.4 Å². The molecule has 0 radical (unpaired) electrons. The third kappa shape index (κ3) is 3.61. The van der Waals surface area contributed by atoms with Crippen molar-refractivity contribution >= 4 is 44.9 Å². The van der Waals surface area contributed by atoms with Crippen LogP contribution in [0.1, 0.15) is 6.92 Å². The Morgan fingerprint density at radius 1 is 1.14 bits per heavy atom. The molecular weight excluding hydrogens is 334 g/mol. The average molecular weight is 348 g/mol. The van der Waals surface area contributed by atoms with Crippen molar-refractivity contribution < 1.29 is 9.59 Å². The smallest absolute Gasteiger partial charge is 0.333 e. The van der Waals surface area contributed by atoms with Gasteiger partial charge in [-0.05, 0) is 46.3 Å². The zero-order valence-electron chi connectivity index (χ0n) is 11.3. The van der Waals surface area contributed by atoms with Gasteiger partial charge >= 0.3 is 6.03 Å². The molecule has 108 valence electrons. The first-order valence-electron chi connectivity index (χ1n) is 6.21. The third-order valence-corrected chi connectivity index (χ3v) is 3.45. The van der Waals surface area contributed by atoms with E-state index in [2.05, 4.69) is 21.2 Å². The normalized spacial score (nSPS) is 10.0. The number of rotatable bonds is 2. The molecule has 0 saturated heterocycles. The summed E-state index contributed by atoms with van der Waals surface area (Å²) in [5, 5.41) is 2.69. The molecule has 0 aliphatic carbocycles. The van der Waals surface area contributed by atoms with E-state index in [0.29, 0.717) is 17.1 Å². The quantitative estimate of drug-likeness (QED) is 0.814. The zero-order valence-corrected chi connectivity index (χ0v) is 12.9. The lowest BCUT2D eigenvalue weighted by molar-refractivity contribution is -0.115. The van der Waals surface area contributed by atoms with Crippen molar-refractivity contribution in [2.24, 2.45) is 0 Å². The average Bonchev–Trinajstić information content (AvgIpc) is 2.41. The van der Waals surface area contributed by atoms with Gasteiger partial charge in [-0.15, -0.1) is 0 Å². The number of para-hydroxylation sites is 1. The van der Waals surface area contributed by atoms with Gasteiger partial charge in [0.2, 0.25) is 5.91 Å². The van der Waals surface area contributed by atoms with Crippen LogP contribution in [0.4, 0.5) is 21.9 Å². The first-order valence-corrected chi connectivity index (χ1v) is 7.00. The Labute approximate surface area is 130 Å². The molecule has 2 aromatic rings. The van der Waals surface area contributed by atoms with E-state index in [4.69, 9.17) is 5.73 Å². The molecule has 0 spiro atoms. The second-order valence-electron chi connectivity index (χ2n) is 4.36. The molecule has 0 atom stereocenters. The van der Waals surface area contributed by atoms with Crippen LogP contribution >= 0.6 is 15.9 Å². The molecule has 2 aromatic carbocycles. The van der Waals surface area contributed by atoms with Gasteiger partial charge in [0.25, 0.3) is 0 Å². The summed E-state index contributed by atoms with van der Waals surface area (Å²) in [5.74, 6) is -0.398. The number of nitrogens with two attached hydrogens (primary N) is 1. The van der Waals surface area contributed by atoms with Gasteiger partial charge in [-0.3, -0.25) is 4.79 Å². The van der Waals surface area contributed by atoms with E-state index < -0.39 is 11.9 Å². The second-order valence-corrected chi connectivity index (χ2v) is 5.21. The fourth-order valence-electron chi connectivity index (χ4n) is 1.84. The number of amides is 3. The van der Waals surface area contributed by atoms with E-state index in [1.165, 1.54) is 6.92 Å². The third-order valence-electron chi connectivity index (χ3n) is 2.76. The molecule has 0 aromatic heterocycles. The Balaban J connectivity index is 2.29. The molecule has 21 heavy (non-hydrogen) atoms. The standard InChI is InChI=1S/C15H14BrN3O2/c1-10(20)19(12-6-4-5-11(17)9-12)15(21)18-14-8-3-2-7-13(14)16/h2-9H,17H2,1H3,(H,18,21). The van der Waals surface area contributed by atoms with Gasteiger partial charge in [0.1, 0.15) is 0 Å². The summed E-state index contributed by atoms with van der Waals surface area (Å²) in [6.07, 6.45) is 0. The molecule has 0 unspecified atom stereocenters. The fourth-order valence-corrected chi connectivity index (χ4v) is 2.22. The van der Waals surface area contributed by atoms with E-state index >= 15 is 0 Å². The van der Waals surface area contributed by atoms with E-state index in [1.807, 2.05) is 6.07 Å². The van der Waals surface area contributed by atoms with E-state index in [1.54, 1.807) is 42.5 Å². The molecule has 6 heteroatoms. The predicted molar refractivity (Wildman–Crippen MR) is 87.2 cm³/mol. The Kier molecular flexibility index (Phi) is 4.59. The first kappa shape index (κ1) is 15.1. The molecule has 3 N–H and O–H groups in total. The molecule has 0 saturated carbocycles. The largest absolute Gasteiger partial charge is 0.399 e. The molecule has 0 aliphatic rings. The van der Waals surface area contributed by atoms with Crippen LogP contribution in [0.25, 0.3) is 0 Å². The predicted octanol–water partition coefficient (Wildman–Crippen LogP) is 3.62. The number of imide groups is 1. The second kappa shape index (κ2) is 6.41. The summed E-state index contributed by atoms with van der Waals surface area (Å²) in [4.78, 5) is 25.2. The minimum absolute atomic E-state index is 0.398. The van der Waals surface area contributed by atoms with E-state index in [0.717, 1.165) is 9.37 Å². The molecule has 0 bridgehead atoms. The van der Waals surface area contributed by atoms with E-state index in [-0.39, 0.29) is 0 Å². The maximum absolute atomic E-state index is 12.4. The van der Waals surface area contributed by atoms with Gasteiger partial charge in [0.15, 0.2) is 0 Å². The lowest BCUT2D eigenvalue weighted by Gasteiger charge is -2.20. The number of benzene rings is 2. The number of carbonyl (C=O) groups excluding carboxylic acids is 2. The highest BCUT2D eigenvalue weighted by Crippen LogP contribution is 2.23. The van der Waals surface area contributed by atoms with Gasteiger partial charge < -0.3 is 11.1 Å². The van der Waals surface area contributed by atoms with Crippen LogP contribution in [0.5, 0.6) is 0 Å². The summed E-state index contributed by atoms with van der Waals surface area (Å²) >= 11 is 3.34. The number of halogens is 1. The maximum atomic E-state index is 12.4. The van der Waals surface area contributed by atoms with Crippen molar-refractivity contribution in [2.45, 2.75) is 6.92 Å². The van der Waals surface area contributed by atoms with Gasteiger partial charge in [-0.1, -0.05) is 18.2 Å². The lowest BCUT2D eigenvalue weighted by Crippen LogP contribution is -2.38. The van der Waals surface area contributed by atoms with Crippen molar-refractivity contribution in [2.75, 3.05) is 16.0 Å². The Bertz CT molecular complexity index is 688. The van der Waals surface area contributed by atoms with Crippen molar-refractivity contribution in [3.8, 4) is 0 Å². The molecule has 0 aliphatic heterocycles. The molecule has 3 amide bonds. The minimum atomic E-state index is -0.542. The van der Waals surface area contributed by atoms with Crippen LogP contribution in [-0.4, -0.2) is 11.9 Å². The van der Waals surface area contributed by atoms with E-state index in [9.17, 15) is 9.59 Å². The Morgan fingerprint density at radius 2 is 1.86 bits per heavy atom. The van der Waals surface area contributed by atoms with Crippen molar-refractivity contribution in [3.63, 3.8) is 0 Å². The van der Waals surface area contributed by atoms with Crippen molar-refractivity contribution in [3.05, 3.63) is 53.0 Å². The number of nitrogen functional groups attached to an aromatic ring is 1. The van der Waals surface area contributed by atoms with Crippen molar-refractivity contribution in [1.29, 1.82) is 0 Å². The fraction of sp³-hybridized carbons (Fsp3) is 0.0667. The zero-order chi connectivity index (χ0) is 15.4. The van der Waals surface area contributed by atoms with Crippen LogP contribution in [-0.2, 0) is 4.79 Å². The molecule has 5 nitrogen and oxygen atoms in total. The summed E-state index contributed by atoms with van der Waals surface area (Å²) in [5.41, 5.74) is 7.18.